The van der Waals surface area contributed by atoms with Gasteiger partial charge in [0.25, 0.3) is 0 Å². The Balaban J connectivity index is 1.54. The minimum Gasteiger partial charge on any atom is -0.454 e. The summed E-state index contributed by atoms with van der Waals surface area (Å²) in [4.78, 5) is 16.5. The van der Waals surface area contributed by atoms with E-state index in [1.165, 1.54) is 0 Å². The van der Waals surface area contributed by atoms with Gasteiger partial charge < -0.3 is 19.7 Å². The number of likely N-dealkylation sites (N-methyl/N-ethyl adjacent to an activating group) is 1. The lowest BCUT2D eigenvalue weighted by molar-refractivity contribution is -0.117. The van der Waals surface area contributed by atoms with Gasteiger partial charge in [0.1, 0.15) is 0 Å². The van der Waals surface area contributed by atoms with Crippen molar-refractivity contribution in [2.45, 2.75) is 0 Å². The van der Waals surface area contributed by atoms with Crippen LogP contribution in [0.5, 0.6) is 11.5 Å². The zero-order valence-electron chi connectivity index (χ0n) is 11.6. The molecule has 0 unspecified atom stereocenters. The number of piperazine rings is 1. The summed E-state index contributed by atoms with van der Waals surface area (Å²) in [6, 6.07) is 5.44. The molecule has 1 N–H and O–H groups in total. The van der Waals surface area contributed by atoms with E-state index in [2.05, 4.69) is 22.2 Å². The SMILES string of the molecule is CN1CCN(CC(=O)Nc2ccc3c(c2)OCO3)CC1. The predicted molar refractivity (Wildman–Crippen MR) is 75.1 cm³/mol. The molecular weight excluding hydrogens is 258 g/mol. The number of hydrogen-bond donors (Lipinski definition) is 1. The first kappa shape index (κ1) is 13.2. The Labute approximate surface area is 118 Å². The van der Waals surface area contributed by atoms with Gasteiger partial charge in [0, 0.05) is 37.9 Å². The van der Waals surface area contributed by atoms with Crippen LogP contribution in [0.15, 0.2) is 18.2 Å². The van der Waals surface area contributed by atoms with Crippen LogP contribution in [-0.4, -0.2) is 62.3 Å². The summed E-state index contributed by atoms with van der Waals surface area (Å²) in [7, 11) is 2.10. The first-order valence-electron chi connectivity index (χ1n) is 6.81. The molecule has 1 amide bonds. The van der Waals surface area contributed by atoms with Crippen molar-refractivity contribution in [2.24, 2.45) is 0 Å². The monoisotopic (exact) mass is 277 g/mol. The summed E-state index contributed by atoms with van der Waals surface area (Å²) in [5.74, 6) is 1.41. The second kappa shape index (κ2) is 5.68. The lowest BCUT2D eigenvalue weighted by Crippen LogP contribution is -2.47. The molecule has 0 aromatic heterocycles. The van der Waals surface area contributed by atoms with Crippen molar-refractivity contribution in [3.05, 3.63) is 18.2 Å². The van der Waals surface area contributed by atoms with Gasteiger partial charge in [0.2, 0.25) is 12.7 Å². The Hall–Kier alpha value is -1.79. The van der Waals surface area contributed by atoms with Crippen molar-refractivity contribution < 1.29 is 14.3 Å². The molecule has 0 spiro atoms. The quantitative estimate of drug-likeness (QED) is 0.877. The van der Waals surface area contributed by atoms with Crippen LogP contribution in [0, 0.1) is 0 Å². The lowest BCUT2D eigenvalue weighted by Gasteiger charge is -2.31. The number of rotatable bonds is 3. The number of nitrogens with zero attached hydrogens (tertiary/aromatic N) is 2. The standard InChI is InChI=1S/C14H19N3O3/c1-16-4-6-17(7-5-16)9-14(18)15-11-2-3-12-13(8-11)20-10-19-12/h2-3,8H,4-7,9-10H2,1H3,(H,15,18). The zero-order valence-corrected chi connectivity index (χ0v) is 11.6. The largest absolute Gasteiger partial charge is 0.454 e. The molecule has 0 bridgehead atoms. The highest BCUT2D eigenvalue weighted by Crippen LogP contribution is 2.34. The molecule has 0 radical (unpaired) electrons. The summed E-state index contributed by atoms with van der Waals surface area (Å²) in [5.41, 5.74) is 0.744. The highest BCUT2D eigenvalue weighted by Gasteiger charge is 2.18. The lowest BCUT2D eigenvalue weighted by atomic mass is 10.2. The number of ether oxygens (including phenoxy) is 2. The number of carbonyl (C=O) groups excluding carboxylic acids is 1. The third kappa shape index (κ3) is 3.02. The summed E-state index contributed by atoms with van der Waals surface area (Å²) in [5, 5.41) is 2.90. The number of amides is 1. The van der Waals surface area contributed by atoms with Crippen LogP contribution in [0.3, 0.4) is 0 Å². The summed E-state index contributed by atoms with van der Waals surface area (Å²) < 4.78 is 10.5. The van der Waals surface area contributed by atoms with E-state index in [-0.39, 0.29) is 12.7 Å². The highest BCUT2D eigenvalue weighted by atomic mass is 16.7. The molecule has 1 aromatic rings. The maximum absolute atomic E-state index is 12.0. The summed E-state index contributed by atoms with van der Waals surface area (Å²) in [6.07, 6.45) is 0. The first-order chi connectivity index (χ1) is 9.70. The van der Waals surface area contributed by atoms with E-state index >= 15 is 0 Å². The van der Waals surface area contributed by atoms with Crippen LogP contribution in [0.25, 0.3) is 0 Å². The molecule has 20 heavy (non-hydrogen) atoms. The van der Waals surface area contributed by atoms with Gasteiger partial charge in [-0.05, 0) is 19.2 Å². The molecule has 3 rings (SSSR count). The van der Waals surface area contributed by atoms with E-state index in [1.807, 2.05) is 12.1 Å². The van der Waals surface area contributed by atoms with Gasteiger partial charge in [-0.3, -0.25) is 9.69 Å². The normalized spacial score (nSPS) is 19.1. The number of hydrogen-bond acceptors (Lipinski definition) is 5. The third-order valence-electron chi connectivity index (χ3n) is 3.62. The fraction of sp³-hybridized carbons (Fsp3) is 0.500. The minimum absolute atomic E-state index is 0.00779. The Morgan fingerprint density at radius 2 is 1.95 bits per heavy atom. The van der Waals surface area contributed by atoms with E-state index in [1.54, 1.807) is 6.07 Å². The zero-order chi connectivity index (χ0) is 13.9. The van der Waals surface area contributed by atoms with E-state index in [0.29, 0.717) is 12.3 Å². The van der Waals surface area contributed by atoms with Crippen molar-refractivity contribution >= 4 is 11.6 Å². The maximum Gasteiger partial charge on any atom is 0.238 e. The summed E-state index contributed by atoms with van der Waals surface area (Å²) in [6.45, 7) is 4.57. The molecule has 1 aromatic carbocycles. The average Bonchev–Trinajstić information content (AvgIpc) is 2.89. The van der Waals surface area contributed by atoms with Crippen LogP contribution < -0.4 is 14.8 Å². The number of anilines is 1. The first-order valence-corrected chi connectivity index (χ1v) is 6.81. The molecule has 2 heterocycles. The number of carbonyl (C=O) groups is 1. The topological polar surface area (TPSA) is 54.0 Å². The maximum atomic E-state index is 12.0. The Bertz CT molecular complexity index is 498. The average molecular weight is 277 g/mol. The van der Waals surface area contributed by atoms with Gasteiger partial charge in [0.05, 0.1) is 6.54 Å². The summed E-state index contributed by atoms with van der Waals surface area (Å²) >= 11 is 0. The van der Waals surface area contributed by atoms with Crippen LogP contribution >= 0.6 is 0 Å². The fourth-order valence-electron chi connectivity index (χ4n) is 2.38. The van der Waals surface area contributed by atoms with E-state index < -0.39 is 0 Å². The number of benzene rings is 1. The van der Waals surface area contributed by atoms with Crippen LogP contribution in [0.4, 0.5) is 5.69 Å². The van der Waals surface area contributed by atoms with E-state index in [0.717, 1.165) is 37.6 Å². The molecule has 0 aliphatic carbocycles. The minimum atomic E-state index is 0.00779. The van der Waals surface area contributed by atoms with Crippen molar-refractivity contribution in [1.82, 2.24) is 9.80 Å². The Morgan fingerprint density at radius 3 is 2.75 bits per heavy atom. The molecule has 1 fully saturated rings. The fourth-order valence-corrected chi connectivity index (χ4v) is 2.38. The number of nitrogens with one attached hydrogen (secondary N) is 1. The van der Waals surface area contributed by atoms with Gasteiger partial charge in [-0.25, -0.2) is 0 Å². The smallest absolute Gasteiger partial charge is 0.238 e. The van der Waals surface area contributed by atoms with Crippen molar-refractivity contribution in [3.63, 3.8) is 0 Å². The second-order valence-corrected chi connectivity index (χ2v) is 5.20. The molecule has 0 saturated carbocycles. The van der Waals surface area contributed by atoms with Gasteiger partial charge >= 0.3 is 0 Å². The van der Waals surface area contributed by atoms with E-state index in [4.69, 9.17) is 9.47 Å². The van der Waals surface area contributed by atoms with E-state index in [9.17, 15) is 4.79 Å². The van der Waals surface area contributed by atoms with Gasteiger partial charge in [-0.1, -0.05) is 0 Å². The highest BCUT2D eigenvalue weighted by molar-refractivity contribution is 5.92. The molecule has 6 heteroatoms. The molecular formula is C14H19N3O3. The van der Waals surface area contributed by atoms with Crippen molar-refractivity contribution in [3.8, 4) is 11.5 Å². The van der Waals surface area contributed by atoms with Gasteiger partial charge in [-0.2, -0.15) is 0 Å². The predicted octanol–water partition coefficient (Wildman–Crippen LogP) is 0.601. The molecule has 0 atom stereocenters. The van der Waals surface area contributed by atoms with Crippen LogP contribution in [0.2, 0.25) is 0 Å². The Kier molecular flexibility index (Phi) is 3.75. The van der Waals surface area contributed by atoms with Crippen LogP contribution in [-0.2, 0) is 4.79 Å². The van der Waals surface area contributed by atoms with Crippen molar-refractivity contribution in [2.75, 3.05) is 51.9 Å². The number of fused-ring (bicyclic) bond motifs is 1. The van der Waals surface area contributed by atoms with Crippen molar-refractivity contribution in [1.29, 1.82) is 0 Å². The van der Waals surface area contributed by atoms with Crippen LogP contribution in [0.1, 0.15) is 0 Å². The van der Waals surface area contributed by atoms with Gasteiger partial charge in [0.15, 0.2) is 11.5 Å². The third-order valence-corrected chi connectivity index (χ3v) is 3.62. The van der Waals surface area contributed by atoms with Gasteiger partial charge in [-0.15, -0.1) is 0 Å². The Morgan fingerprint density at radius 1 is 1.20 bits per heavy atom. The molecule has 2 aliphatic heterocycles. The molecule has 1 saturated heterocycles. The molecule has 2 aliphatic rings. The molecule has 108 valence electrons. The molecule has 6 nitrogen and oxygen atoms in total. The second-order valence-electron chi connectivity index (χ2n) is 5.20.